The highest BCUT2D eigenvalue weighted by atomic mass is 16.3. The summed E-state index contributed by atoms with van der Waals surface area (Å²) < 4.78 is 18.9. The number of aromatic nitrogens is 8. The fraction of sp³-hybridized carbons (Fsp3) is 0. The summed E-state index contributed by atoms with van der Waals surface area (Å²) in [6, 6.07) is 138. The van der Waals surface area contributed by atoms with E-state index in [0.29, 0.717) is 46.1 Å². The molecule has 25 aromatic rings. The first kappa shape index (κ1) is 67.1. The average molecular weight is 1530 g/mol. The molecule has 0 radical (unpaired) electrons. The molecule has 0 unspecified atom stereocenters. The van der Waals surface area contributed by atoms with Crippen molar-refractivity contribution in [3.05, 3.63) is 388 Å². The lowest BCUT2D eigenvalue weighted by Crippen LogP contribution is -2.02. The van der Waals surface area contributed by atoms with E-state index in [-0.39, 0.29) is 0 Å². The standard InChI is InChI=1S/C110H64N8O2/c1-3-20-65(21-4-1)67-42-45-73(46-43-67)106-112-108(81-49-44-66-22-7-8-27-74(66)55-81)116-110(114-106)94-64-84(62-92-102-86-33-14-12-24-71(86)51-53-100(102)120-104(92)94)117-95-36-17-15-34-87(95)89-58-82-56-78(47-48-79(82)60-97(89)117)69-40-38-68(39-41-69)75-30-19-31-80(54-75)107-111-105(72-25-5-2-6-26-72)113-109(115-107)93-63-83(61-90-88-35-16-18-37-99(88)119-103(90)93)118-96-52-50-70-23-11-13-32-85(70)101(96)91-57-76-28-9-10-29-77(76)59-98(91)118/h1-64H. The van der Waals surface area contributed by atoms with E-state index in [0.717, 1.165) is 176 Å². The van der Waals surface area contributed by atoms with E-state index < -0.39 is 0 Å². The van der Waals surface area contributed by atoms with E-state index in [1.165, 1.54) is 32.3 Å². The van der Waals surface area contributed by atoms with E-state index in [2.05, 4.69) is 361 Å². The first-order valence-electron chi connectivity index (χ1n) is 40.5. The summed E-state index contributed by atoms with van der Waals surface area (Å²) in [5, 5.41) is 20.1. The molecule has 0 saturated heterocycles. The van der Waals surface area contributed by atoms with Gasteiger partial charge in [0.05, 0.1) is 33.2 Å². The van der Waals surface area contributed by atoms with Gasteiger partial charge in [0.1, 0.15) is 22.3 Å². The minimum atomic E-state index is 0.501. The highest BCUT2D eigenvalue weighted by Gasteiger charge is 2.27. The first-order chi connectivity index (χ1) is 59.4. The molecular weight excluding hydrogens is 1470 g/mol. The zero-order valence-corrected chi connectivity index (χ0v) is 64.3. The van der Waals surface area contributed by atoms with Crippen LogP contribution in [0.25, 0.3) is 254 Å². The van der Waals surface area contributed by atoms with E-state index >= 15 is 0 Å². The largest absolute Gasteiger partial charge is 0.455 e. The number of hydrogen-bond donors (Lipinski definition) is 0. The second-order valence-corrected chi connectivity index (χ2v) is 31.3. The molecule has 25 rings (SSSR count). The van der Waals surface area contributed by atoms with Gasteiger partial charge in [0.25, 0.3) is 0 Å². The van der Waals surface area contributed by atoms with E-state index in [1.807, 2.05) is 36.4 Å². The fourth-order valence-electron chi connectivity index (χ4n) is 18.5. The second kappa shape index (κ2) is 26.6. The number of rotatable bonds is 11. The van der Waals surface area contributed by atoms with Gasteiger partial charge in [-0.05, 0) is 178 Å². The van der Waals surface area contributed by atoms with Crippen LogP contribution in [-0.2, 0) is 0 Å². The molecule has 120 heavy (non-hydrogen) atoms. The molecule has 556 valence electrons. The molecule has 0 aliphatic heterocycles. The lowest BCUT2D eigenvalue weighted by atomic mass is 9.97. The van der Waals surface area contributed by atoms with Gasteiger partial charge in [-0.25, -0.2) is 29.9 Å². The molecule has 6 aromatic heterocycles. The summed E-state index contributed by atoms with van der Waals surface area (Å²) in [6.45, 7) is 0. The molecule has 6 heterocycles. The molecule has 10 nitrogen and oxygen atoms in total. The van der Waals surface area contributed by atoms with Crippen LogP contribution in [0.5, 0.6) is 0 Å². The Bertz CT molecular complexity index is 8600. The maximum absolute atomic E-state index is 7.13. The molecule has 0 N–H and O–H groups in total. The Morgan fingerprint density at radius 1 is 0.175 bits per heavy atom. The van der Waals surface area contributed by atoms with E-state index in [4.69, 9.17) is 38.7 Å². The summed E-state index contributed by atoms with van der Waals surface area (Å²) in [5.74, 6) is 3.22. The maximum Gasteiger partial charge on any atom is 0.167 e. The van der Waals surface area contributed by atoms with Crippen molar-refractivity contribution >= 4 is 141 Å². The van der Waals surface area contributed by atoms with Crippen molar-refractivity contribution in [2.75, 3.05) is 0 Å². The maximum atomic E-state index is 7.13. The van der Waals surface area contributed by atoms with Crippen LogP contribution in [0.2, 0.25) is 0 Å². The molecule has 0 aliphatic carbocycles. The van der Waals surface area contributed by atoms with E-state index in [9.17, 15) is 0 Å². The zero-order valence-electron chi connectivity index (χ0n) is 64.3. The molecule has 0 atom stereocenters. The Morgan fingerprint density at radius 2 is 0.575 bits per heavy atom. The number of fused-ring (bicyclic) bond motifs is 19. The van der Waals surface area contributed by atoms with Crippen LogP contribution in [-0.4, -0.2) is 39.0 Å². The van der Waals surface area contributed by atoms with Crippen molar-refractivity contribution in [3.8, 4) is 113 Å². The van der Waals surface area contributed by atoms with Crippen LogP contribution in [0.3, 0.4) is 0 Å². The van der Waals surface area contributed by atoms with Gasteiger partial charge in [-0.3, -0.25) is 0 Å². The van der Waals surface area contributed by atoms with E-state index in [1.54, 1.807) is 0 Å². The Labute approximate surface area is 686 Å². The number of furan rings is 2. The quantitative estimate of drug-likeness (QED) is 0.126. The second-order valence-electron chi connectivity index (χ2n) is 31.3. The molecule has 0 spiro atoms. The van der Waals surface area contributed by atoms with Crippen LogP contribution in [0.15, 0.2) is 397 Å². The minimum absolute atomic E-state index is 0.501. The third kappa shape index (κ3) is 10.9. The van der Waals surface area contributed by atoms with Crippen LogP contribution in [0, 0.1) is 0 Å². The Morgan fingerprint density at radius 3 is 1.27 bits per heavy atom. The predicted molar refractivity (Wildman–Crippen MR) is 493 cm³/mol. The van der Waals surface area contributed by atoms with Crippen LogP contribution in [0.1, 0.15) is 0 Å². The monoisotopic (exact) mass is 1530 g/mol. The van der Waals surface area contributed by atoms with Crippen molar-refractivity contribution in [2.45, 2.75) is 0 Å². The molecule has 0 aliphatic rings. The number of nitrogens with zero attached hydrogens (tertiary/aromatic N) is 8. The van der Waals surface area contributed by atoms with Gasteiger partial charge in [0.15, 0.2) is 34.9 Å². The van der Waals surface area contributed by atoms with Gasteiger partial charge in [-0.2, -0.15) is 0 Å². The molecule has 0 fully saturated rings. The number of para-hydroxylation sites is 2. The lowest BCUT2D eigenvalue weighted by molar-refractivity contribution is 0.669. The Balaban J connectivity index is 0.594. The van der Waals surface area contributed by atoms with Gasteiger partial charge in [0, 0.05) is 76.7 Å². The molecular formula is C110H64N8O2. The van der Waals surface area contributed by atoms with Crippen molar-refractivity contribution in [1.82, 2.24) is 39.0 Å². The van der Waals surface area contributed by atoms with Gasteiger partial charge in [-0.1, -0.05) is 297 Å². The smallest absolute Gasteiger partial charge is 0.167 e. The average Bonchev–Trinajstić information content (AvgIpc) is 1.56. The molecule has 10 heteroatoms. The number of benzene rings is 19. The summed E-state index contributed by atoms with van der Waals surface area (Å²) >= 11 is 0. The summed E-state index contributed by atoms with van der Waals surface area (Å²) in [5.41, 5.74) is 20.8. The van der Waals surface area contributed by atoms with Gasteiger partial charge in [0.2, 0.25) is 0 Å². The molecule has 0 amide bonds. The van der Waals surface area contributed by atoms with Crippen molar-refractivity contribution in [3.63, 3.8) is 0 Å². The fourth-order valence-corrected chi connectivity index (χ4v) is 18.5. The van der Waals surface area contributed by atoms with Crippen LogP contribution in [0.4, 0.5) is 0 Å². The molecule has 19 aromatic carbocycles. The van der Waals surface area contributed by atoms with Gasteiger partial charge < -0.3 is 18.0 Å². The SMILES string of the molecule is c1ccc(-c2ccc(-c3nc(-c4ccc5ccccc5c4)nc(-c4cc(-n5c6ccccc6c6cc7cc(-c8ccc(-c9cccc(-c%10nc(-c%11ccccc%11)nc(-c%11cc(-n%12c%13cc%14ccccc%14cc%13c%13c%14ccccc%14ccc%13%12)cc%12c%11oc%11ccccc%11%12)n%10)c9)cc8)ccc7cc65)cc5c4oc4ccc6ccccc6c45)n3)cc2)cc1. The number of hydrogen-bond acceptors (Lipinski definition) is 8. The highest BCUT2D eigenvalue weighted by molar-refractivity contribution is 6.25. The van der Waals surface area contributed by atoms with Crippen molar-refractivity contribution < 1.29 is 8.83 Å². The van der Waals surface area contributed by atoms with Crippen molar-refractivity contribution in [2.24, 2.45) is 0 Å². The summed E-state index contributed by atoms with van der Waals surface area (Å²) in [7, 11) is 0. The normalized spacial score (nSPS) is 12.0. The van der Waals surface area contributed by atoms with Gasteiger partial charge in [-0.15, -0.1) is 0 Å². The van der Waals surface area contributed by atoms with Crippen LogP contribution < -0.4 is 0 Å². The summed E-state index contributed by atoms with van der Waals surface area (Å²) in [6.07, 6.45) is 0. The molecule has 0 bridgehead atoms. The first-order valence-corrected chi connectivity index (χ1v) is 40.5. The summed E-state index contributed by atoms with van der Waals surface area (Å²) in [4.78, 5) is 32.4. The zero-order chi connectivity index (χ0) is 78.6. The highest BCUT2D eigenvalue weighted by Crippen LogP contribution is 2.47. The van der Waals surface area contributed by atoms with Gasteiger partial charge >= 0.3 is 0 Å². The predicted octanol–water partition coefficient (Wildman–Crippen LogP) is 28.8. The topological polar surface area (TPSA) is 113 Å². The van der Waals surface area contributed by atoms with Crippen molar-refractivity contribution in [1.29, 1.82) is 0 Å². The van der Waals surface area contributed by atoms with Crippen LogP contribution >= 0.6 is 0 Å². The Kier molecular flexibility index (Phi) is 14.9. The third-order valence-electron chi connectivity index (χ3n) is 24.3. The third-order valence-corrected chi connectivity index (χ3v) is 24.3. The minimum Gasteiger partial charge on any atom is -0.455 e. The lowest BCUT2D eigenvalue weighted by Gasteiger charge is -2.13. The Hall–Kier alpha value is -16.3. The molecule has 0 saturated carbocycles.